The molecule has 7 heteroatoms. The van der Waals surface area contributed by atoms with Crippen LogP contribution in [0, 0.1) is 16.7 Å². The lowest BCUT2D eigenvalue weighted by Crippen LogP contribution is -2.18. The maximum absolute atomic E-state index is 9.74. The molecule has 0 atom stereocenters. The van der Waals surface area contributed by atoms with Gasteiger partial charge in [0, 0.05) is 46.9 Å². The summed E-state index contributed by atoms with van der Waals surface area (Å²) in [6.45, 7) is 12.7. The van der Waals surface area contributed by atoms with Gasteiger partial charge in [-0.1, -0.05) is 46.2 Å². The fourth-order valence-corrected chi connectivity index (χ4v) is 4.93. The van der Waals surface area contributed by atoms with Gasteiger partial charge in [-0.25, -0.2) is 9.97 Å². The lowest BCUT2D eigenvalue weighted by atomic mass is 9.85. The molecule has 3 heterocycles. The van der Waals surface area contributed by atoms with Gasteiger partial charge in [0.2, 0.25) is 5.95 Å². The Hall–Kier alpha value is -3.56. The molecule has 1 aliphatic rings. The number of nitrogens with one attached hydrogen (secondary N) is 2. The zero-order valence-corrected chi connectivity index (χ0v) is 21.5. The van der Waals surface area contributed by atoms with Crippen LogP contribution in [0.5, 0.6) is 0 Å². The summed E-state index contributed by atoms with van der Waals surface area (Å²) in [4.78, 5) is 9.24. The quantitative estimate of drug-likeness (QED) is 0.322. The highest BCUT2D eigenvalue weighted by Gasteiger charge is 2.32. The van der Waals surface area contributed by atoms with Crippen LogP contribution in [0.1, 0.15) is 45.7 Å². The predicted octanol–water partition coefficient (Wildman–Crippen LogP) is 7.12. The largest absolute Gasteiger partial charge is 0.383 e. The molecule has 178 valence electrons. The Bertz CT molecular complexity index is 1490. The van der Waals surface area contributed by atoms with E-state index in [9.17, 15) is 5.26 Å². The highest BCUT2D eigenvalue weighted by molar-refractivity contribution is 6.32. The maximum atomic E-state index is 9.74. The molecule has 0 spiro atoms. The Morgan fingerprint density at radius 1 is 1.20 bits per heavy atom. The summed E-state index contributed by atoms with van der Waals surface area (Å²) in [6, 6.07) is 14.2. The first-order valence-electron chi connectivity index (χ1n) is 11.8. The summed E-state index contributed by atoms with van der Waals surface area (Å²) >= 11 is 6.50. The third kappa shape index (κ3) is 4.44. The monoisotopic (exact) mass is 484 g/mol. The normalized spacial score (nSPS) is 14.4. The first-order valence-corrected chi connectivity index (χ1v) is 12.1. The number of benzene rings is 2. The van der Waals surface area contributed by atoms with E-state index in [4.69, 9.17) is 16.6 Å². The maximum Gasteiger partial charge on any atom is 0.227 e. The molecule has 0 amide bonds. The van der Waals surface area contributed by atoms with Gasteiger partial charge in [0.25, 0.3) is 0 Å². The number of nitriles is 1. The van der Waals surface area contributed by atoms with Crippen molar-refractivity contribution in [2.75, 3.05) is 17.2 Å². The van der Waals surface area contributed by atoms with Crippen molar-refractivity contribution in [3.05, 3.63) is 64.9 Å². The van der Waals surface area contributed by atoms with Gasteiger partial charge < -0.3 is 15.2 Å². The fraction of sp³-hybridized carbons (Fsp3) is 0.321. The zero-order valence-electron chi connectivity index (χ0n) is 20.7. The molecule has 2 N–H and O–H groups in total. The Morgan fingerprint density at radius 3 is 2.74 bits per heavy atom. The summed E-state index contributed by atoms with van der Waals surface area (Å²) in [5.41, 5.74) is 6.36. The first-order chi connectivity index (χ1) is 16.5. The van der Waals surface area contributed by atoms with Crippen LogP contribution >= 0.6 is 11.6 Å². The van der Waals surface area contributed by atoms with E-state index in [-0.39, 0.29) is 10.8 Å². The highest BCUT2D eigenvalue weighted by Crippen LogP contribution is 2.41. The number of aromatic nitrogens is 3. The molecule has 0 fully saturated rings. The highest BCUT2D eigenvalue weighted by atomic mass is 35.5. The van der Waals surface area contributed by atoms with Gasteiger partial charge in [-0.2, -0.15) is 5.26 Å². The van der Waals surface area contributed by atoms with Gasteiger partial charge in [-0.3, -0.25) is 0 Å². The van der Waals surface area contributed by atoms with Crippen molar-refractivity contribution < 1.29 is 0 Å². The molecular formula is C28H29ClN6. The van der Waals surface area contributed by atoms with Gasteiger partial charge in [-0.05, 0) is 47.4 Å². The second kappa shape index (κ2) is 8.28. The Labute approximate surface area is 211 Å². The second-order valence-corrected chi connectivity index (χ2v) is 11.5. The van der Waals surface area contributed by atoms with E-state index in [2.05, 4.69) is 79.2 Å². The molecule has 6 nitrogen and oxygen atoms in total. The minimum Gasteiger partial charge on any atom is -0.383 e. The van der Waals surface area contributed by atoms with E-state index >= 15 is 0 Å². The average molecular weight is 485 g/mol. The number of hydrogen-bond donors (Lipinski definition) is 2. The molecule has 2 aromatic carbocycles. The summed E-state index contributed by atoms with van der Waals surface area (Å²) < 4.78 is 2.23. The van der Waals surface area contributed by atoms with E-state index in [1.54, 1.807) is 6.20 Å². The third-order valence-corrected chi connectivity index (χ3v) is 6.61. The molecule has 0 saturated carbocycles. The summed E-state index contributed by atoms with van der Waals surface area (Å²) in [7, 11) is 0. The second-order valence-electron chi connectivity index (χ2n) is 11.1. The number of rotatable bonds is 4. The number of hydrogen-bond acceptors (Lipinski definition) is 5. The predicted molar refractivity (Wildman–Crippen MR) is 143 cm³/mol. The molecule has 5 rings (SSSR count). The van der Waals surface area contributed by atoms with E-state index in [0.717, 1.165) is 52.2 Å². The Kier molecular flexibility index (Phi) is 5.49. The van der Waals surface area contributed by atoms with Gasteiger partial charge in [0.1, 0.15) is 6.07 Å². The third-order valence-electron chi connectivity index (χ3n) is 6.39. The molecular weight excluding hydrogens is 456 g/mol. The molecule has 0 aliphatic carbocycles. The molecule has 1 aliphatic heterocycles. The molecule has 0 unspecified atom stereocenters. The lowest BCUT2D eigenvalue weighted by Gasteiger charge is -2.20. The van der Waals surface area contributed by atoms with Gasteiger partial charge >= 0.3 is 0 Å². The van der Waals surface area contributed by atoms with E-state index in [1.165, 1.54) is 0 Å². The summed E-state index contributed by atoms with van der Waals surface area (Å²) in [5, 5.41) is 18.2. The van der Waals surface area contributed by atoms with Crippen LogP contribution in [0.2, 0.25) is 5.02 Å². The Balaban J connectivity index is 1.53. The fourth-order valence-electron chi connectivity index (χ4n) is 4.72. The van der Waals surface area contributed by atoms with Crippen LogP contribution < -0.4 is 10.6 Å². The van der Waals surface area contributed by atoms with Crippen LogP contribution in [0.4, 0.5) is 17.3 Å². The lowest BCUT2D eigenvalue weighted by molar-refractivity contribution is 0.349. The topological polar surface area (TPSA) is 78.6 Å². The minimum absolute atomic E-state index is 0.0579. The van der Waals surface area contributed by atoms with E-state index < -0.39 is 0 Å². The van der Waals surface area contributed by atoms with Gasteiger partial charge in [0.05, 0.1) is 28.1 Å². The molecule has 4 aromatic rings. The zero-order chi connectivity index (χ0) is 25.0. The van der Waals surface area contributed by atoms with Crippen molar-refractivity contribution in [1.82, 2.24) is 14.5 Å². The van der Waals surface area contributed by atoms with Crippen LogP contribution in [0.3, 0.4) is 0 Å². The summed E-state index contributed by atoms with van der Waals surface area (Å²) in [6.07, 6.45) is 3.83. The molecule has 35 heavy (non-hydrogen) atoms. The smallest absolute Gasteiger partial charge is 0.227 e. The molecule has 0 radical (unpaired) electrons. The van der Waals surface area contributed by atoms with Crippen molar-refractivity contribution in [3.63, 3.8) is 0 Å². The van der Waals surface area contributed by atoms with Crippen LogP contribution in [0.15, 0.2) is 48.8 Å². The van der Waals surface area contributed by atoms with Crippen molar-refractivity contribution in [1.29, 1.82) is 5.26 Å². The first kappa shape index (κ1) is 23.2. The van der Waals surface area contributed by atoms with E-state index in [0.29, 0.717) is 16.5 Å². The number of anilines is 3. The van der Waals surface area contributed by atoms with E-state index in [1.807, 2.05) is 24.3 Å². The van der Waals surface area contributed by atoms with Crippen LogP contribution in [0.25, 0.3) is 22.2 Å². The summed E-state index contributed by atoms with van der Waals surface area (Å²) in [5.74, 6) is 0.478. The number of halogens is 1. The van der Waals surface area contributed by atoms with Crippen LogP contribution in [-0.2, 0) is 12.0 Å². The van der Waals surface area contributed by atoms with Crippen molar-refractivity contribution in [2.45, 2.75) is 46.6 Å². The molecule has 0 bridgehead atoms. The SMILES string of the molecule is CC(C)(C)Cn1ccc2c(Nc3nccc(-c4cc(C#N)c5c(c4)C(C)(C)CN5)n3)cc(Cl)cc21. The average Bonchev–Trinajstić information content (AvgIpc) is 3.32. The molecule has 0 saturated heterocycles. The van der Waals surface area contributed by atoms with Crippen molar-refractivity contribution >= 4 is 39.8 Å². The minimum atomic E-state index is -0.0579. The standard InChI is InChI=1S/C28H29ClN6/c1-27(2,3)16-35-9-7-20-23(12-19(29)13-24(20)35)34-26-31-8-6-22(33-26)17-10-18(14-30)25-21(11-17)28(4,5)15-32-25/h6-13,32H,15-16H2,1-5H3,(H,31,33,34). The molecule has 2 aromatic heterocycles. The van der Waals surface area contributed by atoms with Crippen molar-refractivity contribution in [2.24, 2.45) is 5.41 Å². The number of nitrogens with zero attached hydrogens (tertiary/aromatic N) is 4. The Morgan fingerprint density at radius 2 is 2.00 bits per heavy atom. The van der Waals surface area contributed by atoms with Crippen molar-refractivity contribution in [3.8, 4) is 17.3 Å². The van der Waals surface area contributed by atoms with Crippen LogP contribution in [-0.4, -0.2) is 21.1 Å². The number of fused-ring (bicyclic) bond motifs is 2. The van der Waals surface area contributed by atoms with Gasteiger partial charge in [-0.15, -0.1) is 0 Å². The van der Waals surface area contributed by atoms with Gasteiger partial charge in [0.15, 0.2) is 0 Å².